The van der Waals surface area contributed by atoms with Gasteiger partial charge < -0.3 is 0 Å². The second kappa shape index (κ2) is 12.5. The van der Waals surface area contributed by atoms with Crippen LogP contribution in [0.2, 0.25) is 16.6 Å². The molecule has 6 atom stereocenters. The maximum atomic E-state index is 9.67. The van der Waals surface area contributed by atoms with E-state index in [2.05, 4.69) is 63.7 Å². The minimum absolute atomic E-state index is 0.0827. The summed E-state index contributed by atoms with van der Waals surface area (Å²) in [5.41, 5.74) is 11.8. The van der Waals surface area contributed by atoms with E-state index in [0.717, 1.165) is 5.56 Å². The number of fused-ring (bicyclic) bond motifs is 1. The summed E-state index contributed by atoms with van der Waals surface area (Å²) in [6.45, 7) is 14.0. The molecule has 2 heterocycles. The van der Waals surface area contributed by atoms with Crippen molar-refractivity contribution in [2.24, 2.45) is 5.11 Å². The van der Waals surface area contributed by atoms with Crippen LogP contribution in [0.3, 0.4) is 0 Å². The monoisotopic (exact) mass is 589 g/mol. The van der Waals surface area contributed by atoms with Gasteiger partial charge in [-0.1, -0.05) is 0 Å². The van der Waals surface area contributed by atoms with Gasteiger partial charge in [0, 0.05) is 0 Å². The third-order valence-corrected chi connectivity index (χ3v) is 16.1. The Morgan fingerprint density at radius 1 is 0.919 bits per heavy atom. The van der Waals surface area contributed by atoms with Crippen LogP contribution in [0.5, 0.6) is 0 Å². The Balaban J connectivity index is 1.74. The summed E-state index contributed by atoms with van der Waals surface area (Å²) in [4.78, 5) is 3.28. The zero-order valence-corrected chi connectivity index (χ0v) is 25.3. The van der Waals surface area contributed by atoms with E-state index in [9.17, 15) is 5.53 Å². The van der Waals surface area contributed by atoms with E-state index in [1.165, 1.54) is 4.46 Å². The fourth-order valence-electron chi connectivity index (χ4n) is 6.03. The maximum absolute atomic E-state index is 9.67. The fraction of sp³-hybridized carbons (Fsp3) is 0.571. The first-order valence-corrected chi connectivity index (χ1v) is 17.2. The van der Waals surface area contributed by atoms with Crippen molar-refractivity contribution in [2.75, 3.05) is 6.61 Å². The van der Waals surface area contributed by atoms with Crippen LogP contribution in [0.1, 0.15) is 53.4 Å². The summed E-state index contributed by atoms with van der Waals surface area (Å²) < 4.78 is 28.0. The molecule has 0 aliphatic carbocycles. The Labute approximate surface area is 228 Å². The third kappa shape index (κ3) is 6.00. The molecule has 0 N–H and O–H groups in total. The van der Waals surface area contributed by atoms with Gasteiger partial charge in [0.2, 0.25) is 0 Å². The molecule has 1 unspecified atom stereocenters. The van der Waals surface area contributed by atoms with Gasteiger partial charge in [0.15, 0.2) is 0 Å². The van der Waals surface area contributed by atoms with Crippen molar-refractivity contribution in [3.05, 3.63) is 76.7 Å². The van der Waals surface area contributed by atoms with E-state index in [0.29, 0.717) is 23.2 Å². The van der Waals surface area contributed by atoms with Crippen LogP contribution in [0.25, 0.3) is 10.4 Å². The Kier molecular flexibility index (Phi) is 9.54. The Morgan fingerprint density at radius 3 is 2.08 bits per heavy atom. The molecule has 2 aromatic rings. The topological polar surface area (TPSA) is 85.7 Å². The molecule has 2 aliphatic rings. The summed E-state index contributed by atoms with van der Waals surface area (Å²) in [6, 6.07) is 19.7. The Bertz CT molecular complexity index is 1030. The van der Waals surface area contributed by atoms with E-state index in [-0.39, 0.29) is 26.1 Å². The van der Waals surface area contributed by atoms with Gasteiger partial charge in [0.05, 0.1) is 0 Å². The Hall–Kier alpha value is -1.67. The molecular formula is C28H39N3O4SeSi. The minimum atomic E-state index is -2.34. The van der Waals surface area contributed by atoms with Crippen LogP contribution in [0.4, 0.5) is 0 Å². The van der Waals surface area contributed by atoms with E-state index in [1.807, 2.05) is 48.5 Å². The molecule has 2 aromatic carbocycles. The van der Waals surface area contributed by atoms with Crippen molar-refractivity contribution in [3.8, 4) is 0 Å². The van der Waals surface area contributed by atoms with E-state index in [1.54, 1.807) is 0 Å². The van der Waals surface area contributed by atoms with E-state index >= 15 is 0 Å². The number of hydrogen-bond acceptors (Lipinski definition) is 5. The molecule has 200 valence electrons. The molecule has 7 nitrogen and oxygen atoms in total. The first-order chi connectivity index (χ1) is 17.8. The van der Waals surface area contributed by atoms with Crippen molar-refractivity contribution in [1.29, 1.82) is 0 Å². The van der Waals surface area contributed by atoms with Crippen LogP contribution in [-0.2, 0) is 18.6 Å². The summed E-state index contributed by atoms with van der Waals surface area (Å²) in [5, 5.41) is 4.06. The van der Waals surface area contributed by atoms with Crippen LogP contribution in [-0.4, -0.2) is 59.2 Å². The first kappa shape index (κ1) is 28.3. The average Bonchev–Trinajstić information content (AvgIpc) is 2.88. The molecule has 0 bridgehead atoms. The number of ether oxygens (including phenoxy) is 3. The number of nitrogens with zero attached hydrogens (tertiary/aromatic N) is 3. The number of azide groups is 1. The molecular weight excluding hydrogens is 549 g/mol. The predicted molar refractivity (Wildman–Crippen MR) is 149 cm³/mol. The van der Waals surface area contributed by atoms with Gasteiger partial charge in [-0.25, -0.2) is 0 Å². The van der Waals surface area contributed by atoms with Gasteiger partial charge in [0.1, 0.15) is 0 Å². The number of benzene rings is 2. The normalized spacial score (nSPS) is 28.2. The zero-order valence-electron chi connectivity index (χ0n) is 22.6. The molecule has 0 aromatic heterocycles. The molecule has 2 fully saturated rings. The summed E-state index contributed by atoms with van der Waals surface area (Å²) in [5.74, 6) is 0. The van der Waals surface area contributed by atoms with Crippen molar-refractivity contribution in [3.63, 3.8) is 0 Å². The quantitative estimate of drug-likeness (QED) is 0.154. The first-order valence-electron chi connectivity index (χ1n) is 13.2. The molecule has 0 spiro atoms. The standard InChI is InChI=1S/C28H39N3O4SeSi/c1-18(2)37(19(3)4,20(5)6)35-26-24(30-31-29)28(36-22-15-11-8-12-16-22)33-23-17-32-27(34-25(23)26)21-13-9-7-10-14-21/h7-16,18-20,23-28H,17H2,1-6H3/t23-,24-,25-,26-,27?,28-/m1/s1. The molecule has 9 heteroatoms. The molecule has 2 saturated heterocycles. The Morgan fingerprint density at radius 2 is 1.51 bits per heavy atom. The van der Waals surface area contributed by atoms with E-state index < -0.39 is 32.9 Å². The van der Waals surface area contributed by atoms with Gasteiger partial charge in [-0.2, -0.15) is 0 Å². The van der Waals surface area contributed by atoms with Crippen LogP contribution >= 0.6 is 0 Å². The molecule has 0 amide bonds. The number of rotatable bonds is 9. The van der Waals surface area contributed by atoms with Crippen molar-refractivity contribution in [1.82, 2.24) is 0 Å². The molecule has 4 rings (SSSR count). The predicted octanol–water partition coefficient (Wildman–Crippen LogP) is 6.09. The number of hydrogen-bond donors (Lipinski definition) is 0. The van der Waals surface area contributed by atoms with Crippen LogP contribution < -0.4 is 4.46 Å². The molecule has 0 radical (unpaired) electrons. The van der Waals surface area contributed by atoms with Gasteiger partial charge in [-0.05, 0) is 0 Å². The van der Waals surface area contributed by atoms with Gasteiger partial charge >= 0.3 is 229 Å². The second-order valence-electron chi connectivity index (χ2n) is 10.7. The van der Waals surface area contributed by atoms with Gasteiger partial charge in [-0.15, -0.1) is 0 Å². The van der Waals surface area contributed by atoms with Crippen molar-refractivity contribution < 1.29 is 18.6 Å². The molecule has 0 saturated carbocycles. The summed E-state index contributed by atoms with van der Waals surface area (Å²) in [6.07, 6.45) is -1.64. The molecule has 37 heavy (non-hydrogen) atoms. The second-order valence-corrected chi connectivity index (χ2v) is 18.6. The summed E-state index contributed by atoms with van der Waals surface area (Å²) >= 11 is -0.0827. The van der Waals surface area contributed by atoms with Gasteiger partial charge in [-0.3, -0.25) is 0 Å². The van der Waals surface area contributed by atoms with Crippen LogP contribution in [0.15, 0.2) is 65.8 Å². The third-order valence-electron chi connectivity index (χ3n) is 7.61. The summed E-state index contributed by atoms with van der Waals surface area (Å²) in [7, 11) is -2.34. The van der Waals surface area contributed by atoms with E-state index in [4.69, 9.17) is 18.6 Å². The van der Waals surface area contributed by atoms with Gasteiger partial charge in [0.25, 0.3) is 0 Å². The SMILES string of the molecule is CC(C)[Si](O[C@@H]1[C@@H](N=[N+]=[N-])[C@@H]([Se]c2ccccc2)O[C@@H]2COC(c3ccccc3)O[C@@H]12)(C(C)C)C(C)C. The van der Waals surface area contributed by atoms with Crippen LogP contribution in [0, 0.1) is 0 Å². The molecule has 2 aliphatic heterocycles. The fourth-order valence-corrected chi connectivity index (χ4v) is 14.0. The van der Waals surface area contributed by atoms with Crippen molar-refractivity contribution in [2.45, 2.75) is 93.8 Å². The van der Waals surface area contributed by atoms with Crippen molar-refractivity contribution >= 4 is 27.7 Å². The average molecular weight is 589 g/mol. The zero-order chi connectivity index (χ0) is 26.6.